The number of alkyl halides is 1. The normalized spacial score (nSPS) is 35.0. The number of nitrogens with one attached hydrogen (secondary N) is 1. The first kappa shape index (κ1) is 9.00. The van der Waals surface area contributed by atoms with Gasteiger partial charge in [-0.25, -0.2) is 4.39 Å². The van der Waals surface area contributed by atoms with Gasteiger partial charge in [0.2, 0.25) is 0 Å². The predicted molar refractivity (Wildman–Crippen MR) is 49.2 cm³/mol. The van der Waals surface area contributed by atoms with Crippen LogP contribution in [0.4, 0.5) is 4.39 Å². The first-order valence-electron chi connectivity index (χ1n) is 5.04. The van der Waals surface area contributed by atoms with Crippen LogP contribution in [0.3, 0.4) is 0 Å². The lowest BCUT2D eigenvalue weighted by atomic mass is 9.94. The molecule has 1 fully saturated rings. The van der Waals surface area contributed by atoms with E-state index in [9.17, 15) is 4.39 Å². The lowest BCUT2D eigenvalue weighted by Gasteiger charge is -2.23. The maximum Gasteiger partial charge on any atom is 0.168 e. The molecule has 2 nitrogen and oxygen atoms in total. The second-order valence-electron chi connectivity index (χ2n) is 3.77. The second-order valence-corrected chi connectivity index (χ2v) is 3.77. The fourth-order valence-electron chi connectivity index (χ4n) is 2.01. The highest BCUT2D eigenvalue weighted by Crippen LogP contribution is 2.35. The molecule has 0 aromatic carbocycles. The molecule has 2 heterocycles. The molecule has 1 saturated heterocycles. The highest BCUT2D eigenvalue weighted by molar-refractivity contribution is 5.14. The molecule has 0 saturated carbocycles. The van der Waals surface area contributed by atoms with Gasteiger partial charge in [-0.2, -0.15) is 0 Å². The van der Waals surface area contributed by atoms with Gasteiger partial charge in [-0.1, -0.05) is 0 Å². The Balaban J connectivity index is 2.07. The van der Waals surface area contributed by atoms with Crippen molar-refractivity contribution in [2.75, 3.05) is 19.7 Å². The van der Waals surface area contributed by atoms with Crippen molar-refractivity contribution in [2.45, 2.75) is 31.4 Å². The van der Waals surface area contributed by atoms with Crippen LogP contribution in [0.15, 0.2) is 11.8 Å². The minimum absolute atomic E-state index is 0.554. The molecule has 2 aliphatic rings. The molecule has 1 unspecified atom stereocenters. The lowest BCUT2D eigenvalue weighted by Crippen LogP contribution is -2.27. The first-order valence-corrected chi connectivity index (χ1v) is 5.04. The number of halogens is 1. The van der Waals surface area contributed by atoms with E-state index in [1.165, 1.54) is 0 Å². The van der Waals surface area contributed by atoms with Crippen molar-refractivity contribution >= 4 is 0 Å². The molecule has 2 aliphatic heterocycles. The molecule has 2 rings (SSSR count). The van der Waals surface area contributed by atoms with Gasteiger partial charge >= 0.3 is 0 Å². The first-order chi connectivity index (χ1) is 6.31. The second kappa shape index (κ2) is 3.66. The average Bonchev–Trinajstić information content (AvgIpc) is 2.57. The maximum absolute atomic E-state index is 14.3. The van der Waals surface area contributed by atoms with Crippen LogP contribution in [-0.4, -0.2) is 25.4 Å². The molecule has 1 N–H and O–H groups in total. The standard InChI is InChI=1S/C10H16FNO/c11-10(9-3-1-8-13-9)4-2-6-12-7-5-10/h3,12H,1-2,4-8H2. The molecule has 0 radical (unpaired) electrons. The van der Waals surface area contributed by atoms with Crippen LogP contribution in [-0.2, 0) is 4.74 Å². The molecule has 0 spiro atoms. The van der Waals surface area contributed by atoms with Gasteiger partial charge < -0.3 is 10.1 Å². The monoisotopic (exact) mass is 185 g/mol. The number of ether oxygens (including phenoxy) is 1. The quantitative estimate of drug-likeness (QED) is 0.672. The van der Waals surface area contributed by atoms with Gasteiger partial charge in [-0.3, -0.25) is 0 Å². The van der Waals surface area contributed by atoms with Crippen molar-refractivity contribution < 1.29 is 9.13 Å². The molecule has 0 aromatic rings. The van der Waals surface area contributed by atoms with Crippen molar-refractivity contribution in [2.24, 2.45) is 0 Å². The van der Waals surface area contributed by atoms with E-state index in [1.807, 2.05) is 6.08 Å². The minimum atomic E-state index is -1.18. The summed E-state index contributed by atoms with van der Waals surface area (Å²) in [6.07, 6.45) is 4.83. The zero-order valence-corrected chi connectivity index (χ0v) is 7.81. The van der Waals surface area contributed by atoms with Gasteiger partial charge in [0.1, 0.15) is 5.76 Å². The number of hydrogen-bond acceptors (Lipinski definition) is 2. The smallest absolute Gasteiger partial charge is 0.168 e. The van der Waals surface area contributed by atoms with Crippen LogP contribution in [0.25, 0.3) is 0 Å². The van der Waals surface area contributed by atoms with E-state index in [-0.39, 0.29) is 0 Å². The van der Waals surface area contributed by atoms with Gasteiger partial charge in [0.25, 0.3) is 0 Å². The van der Waals surface area contributed by atoms with Crippen molar-refractivity contribution in [3.05, 3.63) is 11.8 Å². The molecule has 74 valence electrons. The van der Waals surface area contributed by atoms with Crippen LogP contribution >= 0.6 is 0 Å². The van der Waals surface area contributed by atoms with E-state index in [0.29, 0.717) is 25.2 Å². The van der Waals surface area contributed by atoms with Crippen LogP contribution in [0, 0.1) is 0 Å². The summed E-state index contributed by atoms with van der Waals surface area (Å²) < 4.78 is 19.6. The number of rotatable bonds is 1. The van der Waals surface area contributed by atoms with Crippen LogP contribution < -0.4 is 5.32 Å². The summed E-state index contributed by atoms with van der Waals surface area (Å²) in [6, 6.07) is 0. The van der Waals surface area contributed by atoms with Crippen molar-refractivity contribution in [1.29, 1.82) is 0 Å². The Labute approximate surface area is 78.2 Å². The SMILES string of the molecule is FC1(C2=CCCO2)CCCNCC1. The van der Waals surface area contributed by atoms with Gasteiger partial charge in [-0.05, 0) is 32.0 Å². The van der Waals surface area contributed by atoms with E-state index >= 15 is 0 Å². The van der Waals surface area contributed by atoms with E-state index in [1.54, 1.807) is 0 Å². The van der Waals surface area contributed by atoms with Gasteiger partial charge in [0.05, 0.1) is 6.61 Å². The molecule has 3 heteroatoms. The average molecular weight is 185 g/mol. The Kier molecular flexibility index (Phi) is 2.54. The highest BCUT2D eigenvalue weighted by atomic mass is 19.1. The summed E-state index contributed by atoms with van der Waals surface area (Å²) in [5.74, 6) is 0.594. The largest absolute Gasteiger partial charge is 0.495 e. The lowest BCUT2D eigenvalue weighted by molar-refractivity contribution is 0.0907. The summed E-state index contributed by atoms with van der Waals surface area (Å²) in [6.45, 7) is 2.35. The van der Waals surface area contributed by atoms with Crippen LogP contribution in [0.1, 0.15) is 25.7 Å². The molecular formula is C10H16FNO. The summed E-state index contributed by atoms with van der Waals surface area (Å²) in [5.41, 5.74) is -1.18. The van der Waals surface area contributed by atoms with E-state index < -0.39 is 5.67 Å². The summed E-state index contributed by atoms with van der Waals surface area (Å²) in [5, 5.41) is 3.20. The van der Waals surface area contributed by atoms with Gasteiger partial charge in [-0.15, -0.1) is 0 Å². The summed E-state index contributed by atoms with van der Waals surface area (Å²) in [7, 11) is 0. The van der Waals surface area contributed by atoms with Crippen molar-refractivity contribution in [1.82, 2.24) is 5.32 Å². The Morgan fingerprint density at radius 1 is 1.38 bits per heavy atom. The molecular weight excluding hydrogens is 169 g/mol. The molecule has 0 bridgehead atoms. The van der Waals surface area contributed by atoms with Gasteiger partial charge in [0.15, 0.2) is 5.67 Å². The maximum atomic E-state index is 14.3. The Hall–Kier alpha value is -0.570. The third-order valence-electron chi connectivity index (χ3n) is 2.77. The third-order valence-corrected chi connectivity index (χ3v) is 2.77. The predicted octanol–water partition coefficient (Wildman–Crippen LogP) is 1.77. The molecule has 0 aromatic heterocycles. The molecule has 0 aliphatic carbocycles. The molecule has 1 atom stereocenters. The molecule has 13 heavy (non-hydrogen) atoms. The zero-order chi connectivity index (χ0) is 9.15. The van der Waals surface area contributed by atoms with Crippen LogP contribution in [0.2, 0.25) is 0 Å². The summed E-state index contributed by atoms with van der Waals surface area (Å²) in [4.78, 5) is 0. The Morgan fingerprint density at radius 2 is 2.31 bits per heavy atom. The Morgan fingerprint density at radius 3 is 3.08 bits per heavy atom. The van der Waals surface area contributed by atoms with Crippen molar-refractivity contribution in [3.63, 3.8) is 0 Å². The fourth-order valence-corrected chi connectivity index (χ4v) is 2.01. The van der Waals surface area contributed by atoms with E-state index in [2.05, 4.69) is 5.32 Å². The van der Waals surface area contributed by atoms with E-state index in [0.717, 1.165) is 25.9 Å². The third kappa shape index (κ3) is 1.85. The highest BCUT2D eigenvalue weighted by Gasteiger charge is 2.37. The Bertz CT molecular complexity index is 207. The number of allylic oxidation sites excluding steroid dienone is 1. The fraction of sp³-hybridized carbons (Fsp3) is 0.800. The van der Waals surface area contributed by atoms with E-state index in [4.69, 9.17) is 4.74 Å². The number of hydrogen-bond donors (Lipinski definition) is 1. The van der Waals surface area contributed by atoms with Crippen molar-refractivity contribution in [3.8, 4) is 0 Å². The summed E-state index contributed by atoms with van der Waals surface area (Å²) >= 11 is 0. The molecule has 0 amide bonds. The topological polar surface area (TPSA) is 21.3 Å². The van der Waals surface area contributed by atoms with Crippen LogP contribution in [0.5, 0.6) is 0 Å². The zero-order valence-electron chi connectivity index (χ0n) is 7.81. The minimum Gasteiger partial charge on any atom is -0.495 e. The van der Waals surface area contributed by atoms with Gasteiger partial charge in [0, 0.05) is 12.8 Å².